The number of rotatable bonds is 4. The van der Waals surface area contributed by atoms with E-state index in [4.69, 9.17) is 16.7 Å². The summed E-state index contributed by atoms with van der Waals surface area (Å²) in [6.07, 6.45) is 1.85. The van der Waals surface area contributed by atoms with Crippen molar-refractivity contribution in [1.82, 2.24) is 9.55 Å². The summed E-state index contributed by atoms with van der Waals surface area (Å²) in [6, 6.07) is 5.55. The summed E-state index contributed by atoms with van der Waals surface area (Å²) < 4.78 is 42.7. The molecule has 2 aromatic carbocycles. The molecular weight excluding hydrogens is 401 g/mol. The Bertz CT molecular complexity index is 1220. The van der Waals surface area contributed by atoms with Crippen molar-refractivity contribution in [2.75, 3.05) is 0 Å². The van der Waals surface area contributed by atoms with Gasteiger partial charge >= 0.3 is 5.97 Å². The average Bonchev–Trinajstić information content (AvgIpc) is 3.15. The van der Waals surface area contributed by atoms with Crippen LogP contribution in [0.5, 0.6) is 0 Å². The number of carboxylic acid groups (broad SMARTS) is 1. The molecule has 0 saturated carbocycles. The summed E-state index contributed by atoms with van der Waals surface area (Å²) in [4.78, 5) is 15.1. The van der Waals surface area contributed by atoms with Crippen molar-refractivity contribution in [3.05, 3.63) is 63.5 Å². The predicted molar refractivity (Wildman–Crippen MR) is 96.9 cm³/mol. The molecule has 0 unspecified atom stereocenters. The van der Waals surface area contributed by atoms with Gasteiger partial charge in [-0.3, -0.25) is 4.79 Å². The Morgan fingerprint density at radius 1 is 1.22 bits per heavy atom. The van der Waals surface area contributed by atoms with E-state index in [-0.39, 0.29) is 23.2 Å². The van der Waals surface area contributed by atoms with Crippen LogP contribution in [-0.4, -0.2) is 20.6 Å². The predicted octanol–water partition coefficient (Wildman–Crippen LogP) is 5.00. The van der Waals surface area contributed by atoms with E-state index in [1.807, 2.05) is 0 Å². The molecule has 1 N–H and O–H groups in total. The molecule has 4 aromatic rings. The molecular formula is C18H10ClF3N2O2S. The smallest absolute Gasteiger partial charge is 0.323 e. The molecule has 0 radical (unpaired) electrons. The molecule has 4 nitrogen and oxygen atoms in total. The first-order valence-electron chi connectivity index (χ1n) is 7.75. The van der Waals surface area contributed by atoms with E-state index in [0.29, 0.717) is 27.2 Å². The van der Waals surface area contributed by atoms with E-state index in [9.17, 15) is 18.0 Å². The minimum Gasteiger partial charge on any atom is -0.480 e. The molecule has 27 heavy (non-hydrogen) atoms. The number of benzene rings is 2. The van der Waals surface area contributed by atoms with E-state index in [2.05, 4.69) is 4.98 Å². The summed E-state index contributed by atoms with van der Waals surface area (Å²) in [5, 5.41) is 10.7. The van der Waals surface area contributed by atoms with Crippen LogP contribution in [0.25, 0.3) is 21.1 Å². The second kappa shape index (κ2) is 6.54. The van der Waals surface area contributed by atoms with E-state index < -0.39 is 23.4 Å². The topological polar surface area (TPSA) is 55.1 Å². The molecule has 138 valence electrons. The molecule has 0 saturated heterocycles. The Labute approximate surface area is 159 Å². The second-order valence-electron chi connectivity index (χ2n) is 5.95. The van der Waals surface area contributed by atoms with Crippen LogP contribution < -0.4 is 0 Å². The number of hydrogen-bond acceptors (Lipinski definition) is 3. The van der Waals surface area contributed by atoms with Gasteiger partial charge in [-0.25, -0.2) is 18.2 Å². The number of carbonyl (C=O) groups is 1. The number of thiazole rings is 1. The van der Waals surface area contributed by atoms with Crippen LogP contribution in [0.15, 0.2) is 30.5 Å². The standard InChI is InChI=1S/C18H10ClF3N2O2S/c19-9-1-2-13-10(4-9)8(6-24(13)7-15(25)26)3-14-23-17-16(22)11(20)5-12(21)18(17)27-14/h1-2,4-6H,3,7H2,(H,25,26). The lowest BCUT2D eigenvalue weighted by Crippen LogP contribution is -2.07. The van der Waals surface area contributed by atoms with Crippen molar-refractivity contribution in [2.24, 2.45) is 0 Å². The van der Waals surface area contributed by atoms with E-state index in [0.717, 1.165) is 16.7 Å². The van der Waals surface area contributed by atoms with Gasteiger partial charge in [0.25, 0.3) is 0 Å². The highest BCUT2D eigenvalue weighted by Gasteiger charge is 2.19. The zero-order valence-corrected chi connectivity index (χ0v) is 15.0. The van der Waals surface area contributed by atoms with Gasteiger partial charge in [-0.2, -0.15) is 0 Å². The van der Waals surface area contributed by atoms with Gasteiger partial charge in [0.05, 0.1) is 9.71 Å². The largest absolute Gasteiger partial charge is 0.480 e. The van der Waals surface area contributed by atoms with Crippen LogP contribution in [0, 0.1) is 17.5 Å². The molecule has 2 aromatic heterocycles. The second-order valence-corrected chi connectivity index (χ2v) is 7.47. The van der Waals surface area contributed by atoms with Gasteiger partial charge in [-0.1, -0.05) is 11.6 Å². The van der Waals surface area contributed by atoms with Crippen LogP contribution in [0.3, 0.4) is 0 Å². The van der Waals surface area contributed by atoms with Crippen molar-refractivity contribution >= 4 is 50.0 Å². The first-order chi connectivity index (χ1) is 12.8. The number of aromatic nitrogens is 2. The highest BCUT2D eigenvalue weighted by Crippen LogP contribution is 2.32. The maximum absolute atomic E-state index is 13.9. The quantitative estimate of drug-likeness (QED) is 0.482. The lowest BCUT2D eigenvalue weighted by atomic mass is 10.1. The third kappa shape index (κ3) is 3.15. The molecule has 9 heteroatoms. The van der Waals surface area contributed by atoms with Crippen LogP contribution in [-0.2, 0) is 17.8 Å². The number of hydrogen-bond donors (Lipinski definition) is 1. The fourth-order valence-electron chi connectivity index (χ4n) is 3.03. The van der Waals surface area contributed by atoms with Crippen LogP contribution in [0.1, 0.15) is 10.6 Å². The van der Waals surface area contributed by atoms with Gasteiger partial charge in [-0.05, 0) is 23.8 Å². The summed E-state index contributed by atoms with van der Waals surface area (Å²) in [7, 11) is 0. The Morgan fingerprint density at radius 3 is 2.74 bits per heavy atom. The molecule has 0 aliphatic heterocycles. The zero-order chi connectivity index (χ0) is 19.3. The summed E-state index contributed by atoms with van der Waals surface area (Å²) in [5.74, 6) is -4.36. The minimum absolute atomic E-state index is 0.0591. The Kier molecular flexibility index (Phi) is 4.32. The molecule has 0 aliphatic carbocycles. The normalized spacial score (nSPS) is 11.6. The van der Waals surface area contributed by atoms with Gasteiger partial charge in [0.2, 0.25) is 0 Å². The van der Waals surface area contributed by atoms with Gasteiger partial charge in [0.15, 0.2) is 11.6 Å². The molecule has 0 amide bonds. The molecule has 0 spiro atoms. The summed E-state index contributed by atoms with van der Waals surface area (Å²) >= 11 is 6.98. The van der Waals surface area contributed by atoms with E-state index in [1.54, 1.807) is 29.0 Å². The van der Waals surface area contributed by atoms with Crippen LogP contribution in [0.2, 0.25) is 5.02 Å². The van der Waals surface area contributed by atoms with Crippen LogP contribution >= 0.6 is 22.9 Å². The SMILES string of the molecule is O=C(O)Cn1cc(Cc2nc3c(F)c(F)cc(F)c3s2)c2cc(Cl)ccc21. The summed E-state index contributed by atoms with van der Waals surface area (Å²) in [6.45, 7) is -0.244. The van der Waals surface area contributed by atoms with Crippen molar-refractivity contribution in [3.8, 4) is 0 Å². The van der Waals surface area contributed by atoms with Gasteiger partial charge in [0, 0.05) is 34.6 Å². The fraction of sp³-hybridized carbons (Fsp3) is 0.111. The third-order valence-corrected chi connectivity index (χ3v) is 5.43. The van der Waals surface area contributed by atoms with Crippen molar-refractivity contribution < 1.29 is 23.1 Å². The van der Waals surface area contributed by atoms with E-state index >= 15 is 0 Å². The number of fused-ring (bicyclic) bond motifs is 2. The molecule has 0 fully saturated rings. The Balaban J connectivity index is 1.83. The first kappa shape index (κ1) is 17.8. The minimum atomic E-state index is -1.29. The molecule has 4 rings (SSSR count). The lowest BCUT2D eigenvalue weighted by Gasteiger charge is -2.00. The molecule has 0 atom stereocenters. The van der Waals surface area contributed by atoms with Gasteiger partial charge in [0.1, 0.15) is 17.9 Å². The third-order valence-electron chi connectivity index (χ3n) is 4.13. The molecule has 0 aliphatic rings. The number of aliphatic carboxylic acids is 1. The molecule has 2 heterocycles. The number of halogens is 4. The fourth-order valence-corrected chi connectivity index (χ4v) is 4.19. The number of nitrogens with zero attached hydrogens (tertiary/aromatic N) is 2. The van der Waals surface area contributed by atoms with Crippen molar-refractivity contribution in [3.63, 3.8) is 0 Å². The summed E-state index contributed by atoms with van der Waals surface area (Å²) in [5.41, 5.74) is 1.02. The average molecular weight is 411 g/mol. The monoisotopic (exact) mass is 410 g/mol. The van der Waals surface area contributed by atoms with Gasteiger partial charge in [-0.15, -0.1) is 11.3 Å². The van der Waals surface area contributed by atoms with Crippen LogP contribution in [0.4, 0.5) is 13.2 Å². The van der Waals surface area contributed by atoms with Crippen molar-refractivity contribution in [1.29, 1.82) is 0 Å². The van der Waals surface area contributed by atoms with Crippen molar-refractivity contribution in [2.45, 2.75) is 13.0 Å². The Morgan fingerprint density at radius 2 is 2.00 bits per heavy atom. The number of carboxylic acids is 1. The lowest BCUT2D eigenvalue weighted by molar-refractivity contribution is -0.137. The maximum Gasteiger partial charge on any atom is 0.323 e. The molecule has 0 bridgehead atoms. The first-order valence-corrected chi connectivity index (χ1v) is 8.95. The van der Waals surface area contributed by atoms with Gasteiger partial charge < -0.3 is 9.67 Å². The maximum atomic E-state index is 13.9. The Hall–Kier alpha value is -2.58. The highest BCUT2D eigenvalue weighted by molar-refractivity contribution is 7.18. The highest BCUT2D eigenvalue weighted by atomic mass is 35.5. The van der Waals surface area contributed by atoms with E-state index in [1.165, 1.54) is 0 Å². The zero-order valence-electron chi connectivity index (χ0n) is 13.5.